The summed E-state index contributed by atoms with van der Waals surface area (Å²) in [6, 6.07) is 12.3. The number of carbonyl (C=O) groups excluding carboxylic acids is 1. The summed E-state index contributed by atoms with van der Waals surface area (Å²) in [4.78, 5) is 23.6. The lowest BCUT2D eigenvalue weighted by molar-refractivity contribution is -0.117. The van der Waals surface area contributed by atoms with Crippen LogP contribution in [0.25, 0.3) is 16.9 Å². The van der Waals surface area contributed by atoms with Gasteiger partial charge in [-0.1, -0.05) is 12.1 Å². The van der Waals surface area contributed by atoms with Crippen molar-refractivity contribution in [2.45, 2.75) is 19.8 Å². The summed E-state index contributed by atoms with van der Waals surface area (Å²) >= 11 is 0. The number of aromatic nitrogens is 3. The quantitative estimate of drug-likeness (QED) is 0.456. The second-order valence-corrected chi connectivity index (χ2v) is 8.85. The van der Waals surface area contributed by atoms with Gasteiger partial charge < -0.3 is 24.1 Å². The first-order valence-electron chi connectivity index (χ1n) is 12.0. The van der Waals surface area contributed by atoms with Crippen molar-refractivity contribution in [3.63, 3.8) is 0 Å². The number of ketones is 1. The standard InChI is InChI=1S/C27H27N5O3/c1-2-35-25-16-21(5-6-24(25)31-9-11-34-12-10-31)29-26-27-28-7-8-32(27)17-23(30-26)19-4-3-18-14-22(33)15-20(18)13-19/h3-8,13,16-17H,2,9-12,14-15H2,1H3,(H,29,30). The van der Waals surface area contributed by atoms with Crippen LogP contribution in [-0.4, -0.2) is 53.1 Å². The van der Waals surface area contributed by atoms with E-state index in [2.05, 4.69) is 27.3 Å². The van der Waals surface area contributed by atoms with Crippen LogP contribution in [0, 0.1) is 0 Å². The van der Waals surface area contributed by atoms with Gasteiger partial charge in [0.25, 0.3) is 0 Å². The molecule has 0 bridgehead atoms. The van der Waals surface area contributed by atoms with Gasteiger partial charge in [-0.3, -0.25) is 4.79 Å². The number of morpholine rings is 1. The van der Waals surface area contributed by atoms with Crippen LogP contribution in [0.1, 0.15) is 18.1 Å². The van der Waals surface area contributed by atoms with Crippen LogP contribution in [0.2, 0.25) is 0 Å². The number of fused-ring (bicyclic) bond motifs is 2. The SMILES string of the molecule is CCOc1cc(Nc2nc(-c3ccc4c(c3)CC(=O)C4)cn3ccnc23)ccc1N1CCOCC1. The van der Waals surface area contributed by atoms with Crippen LogP contribution in [-0.2, 0) is 22.4 Å². The smallest absolute Gasteiger partial charge is 0.180 e. The highest BCUT2D eigenvalue weighted by molar-refractivity contribution is 5.88. The summed E-state index contributed by atoms with van der Waals surface area (Å²) in [5, 5.41) is 3.46. The fourth-order valence-electron chi connectivity index (χ4n) is 4.83. The highest BCUT2D eigenvalue weighted by atomic mass is 16.5. The van der Waals surface area contributed by atoms with Gasteiger partial charge in [-0.25, -0.2) is 9.97 Å². The van der Waals surface area contributed by atoms with Crippen LogP contribution < -0.4 is 15.0 Å². The highest BCUT2D eigenvalue weighted by Gasteiger charge is 2.20. The molecule has 8 nitrogen and oxygen atoms in total. The largest absolute Gasteiger partial charge is 0.492 e. The number of benzene rings is 2. The molecule has 0 saturated carbocycles. The molecule has 0 radical (unpaired) electrons. The third-order valence-electron chi connectivity index (χ3n) is 6.53. The van der Waals surface area contributed by atoms with E-state index in [0.717, 1.165) is 71.5 Å². The fraction of sp³-hybridized carbons (Fsp3) is 0.296. The molecule has 8 heteroatoms. The molecule has 2 aliphatic rings. The van der Waals surface area contributed by atoms with Crippen molar-refractivity contribution in [1.82, 2.24) is 14.4 Å². The monoisotopic (exact) mass is 469 g/mol. The average Bonchev–Trinajstić information content (AvgIpc) is 3.50. The minimum Gasteiger partial charge on any atom is -0.492 e. The zero-order valence-electron chi connectivity index (χ0n) is 19.7. The maximum atomic E-state index is 11.9. The van der Waals surface area contributed by atoms with Crippen LogP contribution >= 0.6 is 0 Å². The minimum atomic E-state index is 0.267. The number of ether oxygens (including phenoxy) is 2. The number of hydrogen-bond acceptors (Lipinski definition) is 7. The van der Waals surface area contributed by atoms with E-state index < -0.39 is 0 Å². The molecule has 0 unspecified atom stereocenters. The molecule has 2 aromatic carbocycles. The predicted molar refractivity (Wildman–Crippen MR) is 135 cm³/mol. The molecule has 0 amide bonds. The zero-order chi connectivity index (χ0) is 23.8. The molecule has 1 saturated heterocycles. The molecule has 4 aromatic rings. The Bertz CT molecular complexity index is 1410. The van der Waals surface area contributed by atoms with Crippen LogP contribution in [0.15, 0.2) is 55.0 Å². The molecule has 0 atom stereocenters. The lowest BCUT2D eigenvalue weighted by Gasteiger charge is -2.30. The maximum Gasteiger partial charge on any atom is 0.180 e. The van der Waals surface area contributed by atoms with E-state index in [1.807, 2.05) is 48.0 Å². The molecule has 1 aliphatic heterocycles. The van der Waals surface area contributed by atoms with Gasteiger partial charge in [0.05, 0.1) is 31.2 Å². The van der Waals surface area contributed by atoms with Crippen molar-refractivity contribution in [2.24, 2.45) is 0 Å². The summed E-state index contributed by atoms with van der Waals surface area (Å²) in [5.41, 5.74) is 6.69. The lowest BCUT2D eigenvalue weighted by Crippen LogP contribution is -2.36. The van der Waals surface area contributed by atoms with Crippen molar-refractivity contribution < 1.29 is 14.3 Å². The number of rotatable bonds is 6. The van der Waals surface area contributed by atoms with Gasteiger partial charge in [0.1, 0.15) is 11.5 Å². The molecule has 1 N–H and O–H groups in total. The van der Waals surface area contributed by atoms with E-state index in [0.29, 0.717) is 25.3 Å². The molecular formula is C27H27N5O3. The number of anilines is 3. The number of hydrogen-bond donors (Lipinski definition) is 1. The van der Waals surface area contributed by atoms with Gasteiger partial charge in [0, 0.05) is 61.8 Å². The number of imidazole rings is 1. The van der Waals surface area contributed by atoms with E-state index in [1.165, 1.54) is 0 Å². The van der Waals surface area contributed by atoms with E-state index in [4.69, 9.17) is 14.5 Å². The Morgan fingerprint density at radius 1 is 1.09 bits per heavy atom. The first-order chi connectivity index (χ1) is 17.2. The van der Waals surface area contributed by atoms with Crippen LogP contribution in [0.5, 0.6) is 5.75 Å². The Morgan fingerprint density at radius 3 is 2.80 bits per heavy atom. The normalized spacial score (nSPS) is 15.5. The molecule has 0 spiro atoms. The third-order valence-corrected chi connectivity index (χ3v) is 6.53. The molecule has 1 fully saturated rings. The number of carbonyl (C=O) groups is 1. The molecule has 1 aliphatic carbocycles. The van der Waals surface area contributed by atoms with Gasteiger partial charge in [-0.2, -0.15) is 0 Å². The van der Waals surface area contributed by atoms with E-state index in [-0.39, 0.29) is 5.78 Å². The predicted octanol–water partition coefficient (Wildman–Crippen LogP) is 4.04. The fourth-order valence-corrected chi connectivity index (χ4v) is 4.83. The van der Waals surface area contributed by atoms with E-state index >= 15 is 0 Å². The third kappa shape index (κ3) is 4.21. The minimum absolute atomic E-state index is 0.267. The van der Waals surface area contributed by atoms with Gasteiger partial charge in [-0.05, 0) is 36.2 Å². The summed E-state index contributed by atoms with van der Waals surface area (Å²) < 4.78 is 13.5. The van der Waals surface area contributed by atoms with Gasteiger partial charge in [0.2, 0.25) is 0 Å². The zero-order valence-corrected chi connectivity index (χ0v) is 19.7. The number of Topliss-reactive ketones (excluding diaryl/α,β-unsaturated/α-hetero) is 1. The van der Waals surface area contributed by atoms with Crippen molar-refractivity contribution >= 4 is 28.6 Å². The topological polar surface area (TPSA) is 81.0 Å². The average molecular weight is 470 g/mol. The molecule has 3 heterocycles. The van der Waals surface area contributed by atoms with E-state index in [9.17, 15) is 4.79 Å². The second kappa shape index (κ2) is 9.03. The van der Waals surface area contributed by atoms with Gasteiger partial charge >= 0.3 is 0 Å². The molecule has 6 rings (SSSR count). The van der Waals surface area contributed by atoms with Gasteiger partial charge in [-0.15, -0.1) is 0 Å². The van der Waals surface area contributed by atoms with Crippen molar-refractivity contribution in [3.8, 4) is 17.0 Å². The Balaban J connectivity index is 1.35. The van der Waals surface area contributed by atoms with Crippen molar-refractivity contribution in [2.75, 3.05) is 43.1 Å². The summed E-state index contributed by atoms with van der Waals surface area (Å²) in [6.45, 7) is 5.70. The Morgan fingerprint density at radius 2 is 1.94 bits per heavy atom. The summed E-state index contributed by atoms with van der Waals surface area (Å²) in [6.07, 6.45) is 6.67. The van der Waals surface area contributed by atoms with Gasteiger partial charge in [0.15, 0.2) is 11.5 Å². The number of nitrogens with one attached hydrogen (secondary N) is 1. The highest BCUT2D eigenvalue weighted by Crippen LogP contribution is 2.34. The van der Waals surface area contributed by atoms with Crippen molar-refractivity contribution in [1.29, 1.82) is 0 Å². The molecule has 2 aromatic heterocycles. The summed E-state index contributed by atoms with van der Waals surface area (Å²) in [7, 11) is 0. The van der Waals surface area contributed by atoms with Crippen LogP contribution in [0.4, 0.5) is 17.2 Å². The first kappa shape index (κ1) is 21.6. The molecular weight excluding hydrogens is 442 g/mol. The van der Waals surface area contributed by atoms with E-state index in [1.54, 1.807) is 6.20 Å². The second-order valence-electron chi connectivity index (χ2n) is 8.85. The Kier molecular flexibility index (Phi) is 5.58. The Hall–Kier alpha value is -3.91. The number of nitrogens with zero attached hydrogens (tertiary/aromatic N) is 4. The molecule has 35 heavy (non-hydrogen) atoms. The summed E-state index contributed by atoms with van der Waals surface area (Å²) in [5.74, 6) is 1.76. The molecule has 178 valence electrons. The Labute approximate surface area is 203 Å². The lowest BCUT2D eigenvalue weighted by atomic mass is 10.0. The van der Waals surface area contributed by atoms with Crippen LogP contribution in [0.3, 0.4) is 0 Å². The maximum absolute atomic E-state index is 11.9. The first-order valence-corrected chi connectivity index (χ1v) is 12.0. The van der Waals surface area contributed by atoms with Crippen molar-refractivity contribution in [3.05, 3.63) is 66.1 Å².